The van der Waals surface area contributed by atoms with E-state index in [0.29, 0.717) is 16.7 Å². The summed E-state index contributed by atoms with van der Waals surface area (Å²) in [7, 11) is 0. The van der Waals surface area contributed by atoms with Crippen LogP contribution in [0, 0.1) is 23.3 Å². The molecule has 3 unspecified atom stereocenters. The quantitative estimate of drug-likeness (QED) is 0.0753. The zero-order chi connectivity index (χ0) is 38.9. The van der Waals surface area contributed by atoms with E-state index in [1.165, 1.54) is 126 Å². The summed E-state index contributed by atoms with van der Waals surface area (Å²) in [4.78, 5) is 11.4. The first kappa shape index (κ1) is 43.2. The predicted octanol–water partition coefficient (Wildman–Crippen LogP) is 7.71. The number of rotatable bonds is 7. The normalized spacial score (nSPS) is 16.1. The van der Waals surface area contributed by atoms with Crippen molar-refractivity contribution in [3.63, 3.8) is 0 Å². The molecule has 0 radical (unpaired) electrons. The zero-order valence-electron chi connectivity index (χ0n) is 30.0. The van der Waals surface area contributed by atoms with Crippen LogP contribution in [0.4, 0.5) is 17.6 Å². The van der Waals surface area contributed by atoms with E-state index in [1.54, 1.807) is 12.1 Å². The summed E-state index contributed by atoms with van der Waals surface area (Å²) in [6, 6.07) is 22.4. The van der Waals surface area contributed by atoms with E-state index in [1.807, 2.05) is 13.8 Å². The average Bonchev–Trinajstić information content (AvgIpc) is 3.68. The van der Waals surface area contributed by atoms with Crippen molar-refractivity contribution in [1.29, 1.82) is 0 Å². The molecule has 0 aromatic heterocycles. The van der Waals surface area contributed by atoms with Crippen LogP contribution in [0.1, 0.15) is 101 Å². The Kier molecular flexibility index (Phi) is 14.8. The molecule has 278 valence electrons. The molecule has 1 heterocycles. The number of Topliss-reactive ketones (excluding diaryl/α,β-unsaturated/α-hetero) is 1. The second-order valence-electron chi connectivity index (χ2n) is 14.3. The van der Waals surface area contributed by atoms with Crippen molar-refractivity contribution in [1.82, 2.24) is 0 Å². The fourth-order valence-electron chi connectivity index (χ4n) is 4.44. The number of benzene rings is 4. The molecule has 4 aromatic rings. The fraction of sp³-hybridized carbons (Fsp3) is 0.375. The highest BCUT2D eigenvalue weighted by Gasteiger charge is 2.48. The second kappa shape index (κ2) is 17.5. The number of aliphatic hydroxyl groups is 5. The van der Waals surface area contributed by atoms with Crippen LogP contribution in [0.2, 0.25) is 0 Å². The monoisotopic (exact) mass is 716 g/mol. The van der Waals surface area contributed by atoms with Crippen LogP contribution in [-0.2, 0) is 4.74 Å². The van der Waals surface area contributed by atoms with Gasteiger partial charge in [-0.15, -0.1) is 0 Å². The third-order valence-corrected chi connectivity index (χ3v) is 7.54. The number of halogens is 4. The molecule has 1 aliphatic rings. The topological polar surface area (TPSA) is 131 Å². The van der Waals surface area contributed by atoms with Gasteiger partial charge in [-0.05, 0) is 133 Å². The molecular weight excluding hydrogens is 668 g/mol. The highest BCUT2D eigenvalue weighted by molar-refractivity contribution is 6.01. The summed E-state index contributed by atoms with van der Waals surface area (Å²) in [5, 5.41) is 47.4. The van der Waals surface area contributed by atoms with Gasteiger partial charge in [0, 0.05) is 5.56 Å². The Hall–Kier alpha value is -3.97. The molecule has 5 rings (SSSR count). The van der Waals surface area contributed by atoms with Crippen LogP contribution in [0.5, 0.6) is 0 Å². The van der Waals surface area contributed by atoms with Gasteiger partial charge in [-0.3, -0.25) is 4.79 Å². The predicted molar refractivity (Wildman–Crippen MR) is 187 cm³/mol. The summed E-state index contributed by atoms with van der Waals surface area (Å²) in [6.45, 7) is 12.9. The molecule has 1 fully saturated rings. The number of hydrogen-bond acceptors (Lipinski definition) is 7. The number of epoxide rings is 1. The average molecular weight is 717 g/mol. The Bertz CT molecular complexity index is 1590. The highest BCUT2D eigenvalue weighted by atomic mass is 19.1. The standard InChI is InChI=1S/2C10H13FO2.C10H11FO2.C10H11FO/c3*1-10(2,13)9(12)7-3-5-8(11)6-4-7;1-10(2)9(12-10)7-3-5-8(11)6-4-7/h2*3-6,9,12-13H,1-2H3;3-6,13H,1-2H3;3-6,9H,1-2H3. The summed E-state index contributed by atoms with van der Waals surface area (Å²) in [5.74, 6) is -1.71. The molecule has 11 heteroatoms. The van der Waals surface area contributed by atoms with E-state index < -0.39 is 40.6 Å². The van der Waals surface area contributed by atoms with E-state index in [4.69, 9.17) is 4.74 Å². The maximum absolute atomic E-state index is 12.5. The maximum Gasteiger partial charge on any atom is 0.193 e. The highest BCUT2D eigenvalue weighted by Crippen LogP contribution is 2.48. The van der Waals surface area contributed by atoms with Crippen molar-refractivity contribution in [2.45, 2.75) is 96.1 Å². The van der Waals surface area contributed by atoms with Crippen molar-refractivity contribution in [3.8, 4) is 0 Å². The van der Waals surface area contributed by atoms with Crippen molar-refractivity contribution in [2.75, 3.05) is 0 Å². The second-order valence-corrected chi connectivity index (χ2v) is 14.3. The van der Waals surface area contributed by atoms with Crippen molar-refractivity contribution in [2.24, 2.45) is 0 Å². The molecular formula is C40H48F4O7. The summed E-state index contributed by atoms with van der Waals surface area (Å²) in [5.41, 5.74) is -1.50. The van der Waals surface area contributed by atoms with Crippen LogP contribution in [0.3, 0.4) is 0 Å². The van der Waals surface area contributed by atoms with E-state index in [0.717, 1.165) is 5.56 Å². The molecule has 1 saturated heterocycles. The molecule has 51 heavy (non-hydrogen) atoms. The van der Waals surface area contributed by atoms with Gasteiger partial charge in [0.1, 0.15) is 47.2 Å². The third kappa shape index (κ3) is 14.3. The number of ketones is 1. The molecule has 0 bridgehead atoms. The minimum atomic E-state index is -1.40. The lowest BCUT2D eigenvalue weighted by Crippen LogP contribution is -2.30. The van der Waals surface area contributed by atoms with Gasteiger partial charge in [0.25, 0.3) is 0 Å². The molecule has 7 nitrogen and oxygen atoms in total. The maximum atomic E-state index is 12.5. The summed E-state index contributed by atoms with van der Waals surface area (Å²) >= 11 is 0. The smallest absolute Gasteiger partial charge is 0.193 e. The van der Waals surface area contributed by atoms with Crippen LogP contribution >= 0.6 is 0 Å². The van der Waals surface area contributed by atoms with Gasteiger partial charge in [0.2, 0.25) is 0 Å². The first-order chi connectivity index (χ1) is 23.3. The van der Waals surface area contributed by atoms with Crippen LogP contribution in [-0.4, -0.2) is 53.7 Å². The lowest BCUT2D eigenvalue weighted by molar-refractivity contribution is -0.0498. The fourth-order valence-corrected chi connectivity index (χ4v) is 4.44. The van der Waals surface area contributed by atoms with Gasteiger partial charge in [-0.2, -0.15) is 0 Å². The van der Waals surface area contributed by atoms with E-state index in [2.05, 4.69) is 0 Å². The van der Waals surface area contributed by atoms with Crippen LogP contribution in [0.25, 0.3) is 0 Å². The Balaban J connectivity index is 0.000000236. The first-order valence-electron chi connectivity index (χ1n) is 16.1. The zero-order valence-corrected chi connectivity index (χ0v) is 30.0. The molecule has 0 saturated carbocycles. The van der Waals surface area contributed by atoms with Crippen LogP contribution in [0.15, 0.2) is 97.1 Å². The molecule has 4 aromatic carbocycles. The Morgan fingerprint density at radius 3 is 1.12 bits per heavy atom. The van der Waals surface area contributed by atoms with Gasteiger partial charge in [0.05, 0.1) is 16.8 Å². The van der Waals surface area contributed by atoms with Gasteiger partial charge < -0.3 is 30.3 Å². The van der Waals surface area contributed by atoms with Gasteiger partial charge in [-0.25, -0.2) is 17.6 Å². The lowest BCUT2D eigenvalue weighted by Gasteiger charge is -2.24. The largest absolute Gasteiger partial charge is 0.387 e. The van der Waals surface area contributed by atoms with Crippen LogP contribution < -0.4 is 0 Å². The molecule has 0 aliphatic carbocycles. The molecule has 5 N–H and O–H groups in total. The molecule has 0 amide bonds. The summed E-state index contributed by atoms with van der Waals surface area (Å²) in [6.07, 6.45) is -1.83. The first-order valence-corrected chi connectivity index (χ1v) is 16.1. The van der Waals surface area contributed by atoms with Gasteiger partial charge in [0.15, 0.2) is 5.78 Å². The molecule has 1 aliphatic heterocycles. The Morgan fingerprint density at radius 2 is 0.863 bits per heavy atom. The SMILES string of the molecule is CC(C)(O)C(=O)c1ccc(F)cc1.CC(C)(O)C(O)c1ccc(F)cc1.CC(C)(O)C(O)c1ccc(F)cc1.CC1(C)OC1c1ccc(F)cc1. The Morgan fingerprint density at radius 1 is 0.588 bits per heavy atom. The van der Waals surface area contributed by atoms with E-state index >= 15 is 0 Å². The number of aliphatic hydroxyl groups excluding tert-OH is 2. The lowest BCUT2D eigenvalue weighted by atomic mass is 9.95. The minimum Gasteiger partial charge on any atom is -0.387 e. The Labute approximate surface area is 296 Å². The van der Waals surface area contributed by atoms with Crippen molar-refractivity contribution in [3.05, 3.63) is 143 Å². The molecule has 3 atom stereocenters. The van der Waals surface area contributed by atoms with Crippen molar-refractivity contribution >= 4 is 5.78 Å². The van der Waals surface area contributed by atoms with E-state index in [9.17, 15) is 47.9 Å². The number of carbonyl (C=O) groups excluding carboxylic acids is 1. The third-order valence-electron chi connectivity index (χ3n) is 7.54. The van der Waals surface area contributed by atoms with Gasteiger partial charge in [-0.1, -0.05) is 36.4 Å². The van der Waals surface area contributed by atoms with E-state index in [-0.39, 0.29) is 29.2 Å². The number of hydrogen-bond donors (Lipinski definition) is 5. The van der Waals surface area contributed by atoms with Gasteiger partial charge >= 0.3 is 0 Å². The number of ether oxygens (including phenoxy) is 1. The minimum absolute atomic E-state index is 0.0577. The number of carbonyl (C=O) groups is 1. The van der Waals surface area contributed by atoms with Crippen molar-refractivity contribution < 1.29 is 52.6 Å². The summed E-state index contributed by atoms with van der Waals surface area (Å²) < 4.78 is 55.4. The molecule has 0 spiro atoms.